The molecule has 2 unspecified atom stereocenters. The van der Waals surface area contributed by atoms with Crippen LogP contribution in [0.2, 0.25) is 0 Å². The maximum absolute atomic E-state index is 10.0. The van der Waals surface area contributed by atoms with Crippen molar-refractivity contribution in [2.45, 2.75) is 43.9 Å². The van der Waals surface area contributed by atoms with Crippen LogP contribution in [0.1, 0.15) is 25.8 Å². The zero-order valence-electron chi connectivity index (χ0n) is 15.5. The lowest BCUT2D eigenvalue weighted by Gasteiger charge is -2.20. The van der Waals surface area contributed by atoms with Crippen LogP contribution in [-0.2, 0) is 13.6 Å². The molecule has 144 valence electrons. The quantitative estimate of drug-likeness (QED) is 0.396. The molecule has 2 heterocycles. The van der Waals surface area contributed by atoms with E-state index in [-0.39, 0.29) is 11.8 Å². The second-order valence-corrected chi connectivity index (χ2v) is 7.01. The summed E-state index contributed by atoms with van der Waals surface area (Å²) in [6.07, 6.45) is 1.87. The highest BCUT2D eigenvalue weighted by molar-refractivity contribution is 7.80. The van der Waals surface area contributed by atoms with Crippen LogP contribution in [-0.4, -0.2) is 41.9 Å². The zero-order valence-corrected chi connectivity index (χ0v) is 16.4. The molecular weight excluding hydrogens is 364 g/mol. The van der Waals surface area contributed by atoms with Crippen LogP contribution < -0.4 is 10.6 Å². The first kappa shape index (κ1) is 19.2. The molecule has 0 bridgehead atoms. The first-order valence-corrected chi connectivity index (χ1v) is 9.22. The molecule has 0 aliphatic carbocycles. The van der Waals surface area contributed by atoms with Crippen molar-refractivity contribution < 1.29 is 10.2 Å². The number of aliphatic hydroxyl groups is 1. The molecule has 3 rings (SSSR count). The van der Waals surface area contributed by atoms with Crippen molar-refractivity contribution in [1.29, 1.82) is 0 Å². The van der Waals surface area contributed by atoms with Crippen molar-refractivity contribution in [2.75, 3.05) is 10.6 Å². The molecule has 3 aromatic rings. The Labute approximate surface area is 163 Å². The molecule has 2 atom stereocenters. The van der Waals surface area contributed by atoms with E-state index in [4.69, 9.17) is 0 Å². The molecule has 0 amide bonds. The summed E-state index contributed by atoms with van der Waals surface area (Å²) in [5.74, 6) is 1.14. The van der Waals surface area contributed by atoms with E-state index < -0.39 is 6.10 Å². The summed E-state index contributed by atoms with van der Waals surface area (Å²) in [6, 6.07) is 4.97. The second-order valence-electron chi connectivity index (χ2n) is 6.49. The van der Waals surface area contributed by atoms with Crippen LogP contribution in [0.5, 0.6) is 5.75 Å². The second kappa shape index (κ2) is 8.01. The molecule has 0 spiro atoms. The molecule has 0 saturated carbocycles. The lowest BCUT2D eigenvalue weighted by atomic mass is 10.1. The molecule has 0 aliphatic heterocycles. The van der Waals surface area contributed by atoms with E-state index >= 15 is 0 Å². The van der Waals surface area contributed by atoms with Gasteiger partial charge in [-0.3, -0.25) is 0 Å². The van der Waals surface area contributed by atoms with Crippen LogP contribution in [0.4, 0.5) is 11.8 Å². The standard InChI is InChI=1S/C18H24N6O2S/c1-4-13(10(2)25)21-18-22-16(15-17(23-18)24(3)9-20-15)19-8-11-7-12(27)5-6-14(11)26/h5-7,9-10,13,25-27H,4,8H2,1-3H3,(H2,19,21,22,23). The molecule has 9 heteroatoms. The Kier molecular flexibility index (Phi) is 5.71. The highest BCUT2D eigenvalue weighted by Crippen LogP contribution is 2.25. The number of phenolic OH excluding ortho intramolecular Hbond substituents is 1. The van der Waals surface area contributed by atoms with Crippen molar-refractivity contribution in [2.24, 2.45) is 7.05 Å². The summed E-state index contributed by atoms with van der Waals surface area (Å²) in [5, 5.41) is 26.3. The smallest absolute Gasteiger partial charge is 0.227 e. The fraction of sp³-hybridized carbons (Fsp3) is 0.389. The fourth-order valence-corrected chi connectivity index (χ4v) is 3.05. The molecule has 0 aliphatic rings. The van der Waals surface area contributed by atoms with Crippen molar-refractivity contribution in [3.63, 3.8) is 0 Å². The molecule has 1 aromatic carbocycles. The van der Waals surface area contributed by atoms with Crippen LogP contribution in [0.3, 0.4) is 0 Å². The number of fused-ring (bicyclic) bond motifs is 1. The Morgan fingerprint density at radius 1 is 1.30 bits per heavy atom. The summed E-state index contributed by atoms with van der Waals surface area (Å²) in [4.78, 5) is 14.2. The summed E-state index contributed by atoms with van der Waals surface area (Å²) in [5.41, 5.74) is 2.01. The van der Waals surface area contributed by atoms with Crippen LogP contribution >= 0.6 is 12.6 Å². The van der Waals surface area contributed by atoms with E-state index in [2.05, 4.69) is 38.2 Å². The molecule has 8 nitrogen and oxygen atoms in total. The predicted molar refractivity (Wildman–Crippen MR) is 108 cm³/mol. The number of hydrogen-bond donors (Lipinski definition) is 5. The summed E-state index contributed by atoms with van der Waals surface area (Å²) >= 11 is 4.31. The van der Waals surface area contributed by atoms with E-state index in [1.165, 1.54) is 0 Å². The Morgan fingerprint density at radius 2 is 2.07 bits per heavy atom. The number of phenols is 1. The molecular formula is C18H24N6O2S. The van der Waals surface area contributed by atoms with Gasteiger partial charge >= 0.3 is 0 Å². The number of aliphatic hydroxyl groups excluding tert-OH is 1. The highest BCUT2D eigenvalue weighted by Gasteiger charge is 2.17. The number of benzene rings is 1. The lowest BCUT2D eigenvalue weighted by Crippen LogP contribution is -2.31. The third-order valence-corrected chi connectivity index (χ3v) is 4.68. The average Bonchev–Trinajstić information content (AvgIpc) is 3.01. The van der Waals surface area contributed by atoms with E-state index in [1.54, 1.807) is 31.5 Å². The van der Waals surface area contributed by atoms with Crippen molar-refractivity contribution in [3.8, 4) is 5.75 Å². The van der Waals surface area contributed by atoms with Gasteiger partial charge in [0.2, 0.25) is 5.95 Å². The van der Waals surface area contributed by atoms with Crippen molar-refractivity contribution in [3.05, 3.63) is 30.1 Å². The van der Waals surface area contributed by atoms with Gasteiger partial charge in [-0.25, -0.2) is 4.98 Å². The number of aromatic hydroxyl groups is 1. The number of hydrogen-bond acceptors (Lipinski definition) is 8. The molecule has 4 N–H and O–H groups in total. The maximum Gasteiger partial charge on any atom is 0.227 e. The van der Waals surface area contributed by atoms with E-state index in [1.807, 2.05) is 18.5 Å². The minimum absolute atomic E-state index is 0.159. The van der Waals surface area contributed by atoms with Crippen molar-refractivity contribution >= 4 is 35.6 Å². The molecule has 0 fully saturated rings. The molecule has 0 radical (unpaired) electrons. The van der Waals surface area contributed by atoms with Gasteiger partial charge in [0.05, 0.1) is 18.5 Å². The molecule has 0 saturated heterocycles. The highest BCUT2D eigenvalue weighted by atomic mass is 32.1. The number of imidazole rings is 1. The first-order valence-electron chi connectivity index (χ1n) is 8.77. The van der Waals surface area contributed by atoms with Gasteiger partial charge in [-0.05, 0) is 31.5 Å². The van der Waals surface area contributed by atoms with Crippen LogP contribution in [0, 0.1) is 0 Å². The van der Waals surface area contributed by atoms with Crippen molar-refractivity contribution in [1.82, 2.24) is 19.5 Å². The van der Waals surface area contributed by atoms with Gasteiger partial charge in [-0.2, -0.15) is 9.97 Å². The lowest BCUT2D eigenvalue weighted by molar-refractivity contribution is 0.169. The van der Waals surface area contributed by atoms with E-state index in [0.29, 0.717) is 35.0 Å². The Bertz CT molecular complexity index is 943. The Morgan fingerprint density at radius 3 is 2.78 bits per heavy atom. The van der Waals surface area contributed by atoms with E-state index in [0.717, 1.165) is 11.3 Å². The normalized spacial score (nSPS) is 13.5. The van der Waals surface area contributed by atoms with Gasteiger partial charge in [0.25, 0.3) is 0 Å². The SMILES string of the molecule is CCC(Nc1nc(NCc2cc(S)ccc2O)c2ncn(C)c2n1)C(C)O. The summed E-state index contributed by atoms with van der Waals surface area (Å²) in [6.45, 7) is 4.07. The topological polar surface area (TPSA) is 108 Å². The molecule has 27 heavy (non-hydrogen) atoms. The summed E-state index contributed by atoms with van der Waals surface area (Å²) in [7, 11) is 1.86. The number of aryl methyl sites for hydroxylation is 1. The first-order chi connectivity index (χ1) is 12.9. The number of rotatable bonds is 7. The van der Waals surface area contributed by atoms with Gasteiger partial charge < -0.3 is 25.4 Å². The number of thiol groups is 1. The van der Waals surface area contributed by atoms with Gasteiger partial charge in [-0.1, -0.05) is 6.92 Å². The largest absolute Gasteiger partial charge is 0.508 e. The van der Waals surface area contributed by atoms with Crippen LogP contribution in [0.15, 0.2) is 29.4 Å². The monoisotopic (exact) mass is 388 g/mol. The minimum atomic E-state index is -0.535. The number of nitrogens with one attached hydrogen (secondary N) is 2. The number of anilines is 2. The third-order valence-electron chi connectivity index (χ3n) is 4.41. The van der Waals surface area contributed by atoms with Gasteiger partial charge in [-0.15, -0.1) is 12.6 Å². The van der Waals surface area contributed by atoms with Gasteiger partial charge in [0.1, 0.15) is 5.75 Å². The Balaban J connectivity index is 1.92. The average molecular weight is 388 g/mol. The number of nitrogens with zero attached hydrogens (tertiary/aromatic N) is 4. The minimum Gasteiger partial charge on any atom is -0.508 e. The third kappa shape index (κ3) is 4.25. The zero-order chi connectivity index (χ0) is 19.6. The van der Waals surface area contributed by atoms with Gasteiger partial charge in [0, 0.05) is 24.1 Å². The summed E-state index contributed by atoms with van der Waals surface area (Å²) < 4.78 is 1.81. The predicted octanol–water partition coefficient (Wildman–Crippen LogP) is 2.54. The van der Waals surface area contributed by atoms with Crippen LogP contribution in [0.25, 0.3) is 11.2 Å². The van der Waals surface area contributed by atoms with E-state index in [9.17, 15) is 10.2 Å². The number of aromatic nitrogens is 4. The molecule has 2 aromatic heterocycles. The Hall–Kier alpha value is -2.52. The maximum atomic E-state index is 10.0. The fourth-order valence-electron chi connectivity index (χ4n) is 2.82. The van der Waals surface area contributed by atoms with Gasteiger partial charge in [0.15, 0.2) is 17.0 Å².